The molecule has 6 rings (SSSR count). The van der Waals surface area contributed by atoms with Gasteiger partial charge in [-0.05, 0) is 41.0 Å². The zero-order valence-corrected chi connectivity index (χ0v) is 26.5. The number of hydrogen-bond donors (Lipinski definition) is 2. The maximum absolute atomic E-state index is 15.8. The first-order valence-electron chi connectivity index (χ1n) is 15.1. The van der Waals surface area contributed by atoms with Crippen LogP contribution < -0.4 is 20.3 Å². The largest absolute Gasteiger partial charge is 0.497 e. The second-order valence-electron chi connectivity index (χ2n) is 11.4. The number of halogens is 1. The number of amides is 1. The summed E-state index contributed by atoms with van der Waals surface area (Å²) in [5.74, 6) is -0.674. The minimum Gasteiger partial charge on any atom is -0.497 e. The summed E-state index contributed by atoms with van der Waals surface area (Å²) in [5, 5.41) is 10.2. The minimum atomic E-state index is -2.11. The molecule has 0 unspecified atom stereocenters. The van der Waals surface area contributed by atoms with E-state index in [1.165, 1.54) is 0 Å². The van der Waals surface area contributed by atoms with Crippen molar-refractivity contribution >= 4 is 28.8 Å². The van der Waals surface area contributed by atoms with Crippen molar-refractivity contribution in [3.05, 3.63) is 106 Å². The number of benzene rings is 3. The third kappa shape index (κ3) is 5.91. The number of Topliss-reactive ketones (excluding diaryl/α,β-unsaturated/α-hetero) is 1. The Kier molecular flexibility index (Phi) is 9.02. The van der Waals surface area contributed by atoms with Crippen LogP contribution in [0.4, 0.5) is 10.3 Å². The third-order valence-corrected chi connectivity index (χ3v) is 8.11. The van der Waals surface area contributed by atoms with Crippen LogP contribution in [-0.4, -0.2) is 69.8 Å². The van der Waals surface area contributed by atoms with Crippen LogP contribution in [-0.2, 0) is 24.7 Å². The minimum absolute atomic E-state index is 0.167. The molecule has 1 saturated heterocycles. The summed E-state index contributed by atoms with van der Waals surface area (Å²) in [7, 11) is 3.14. The first-order valence-corrected chi connectivity index (χ1v) is 15.1. The van der Waals surface area contributed by atoms with Gasteiger partial charge in [0.1, 0.15) is 23.2 Å². The number of fused-ring (bicyclic) bond motifs is 1. The highest BCUT2D eigenvalue weighted by Gasteiger charge is 2.48. The van der Waals surface area contributed by atoms with Gasteiger partial charge in [0, 0.05) is 5.92 Å². The SMILES string of the molecule is COc1ccc(C(OC[C@H]2O[C@@H](n3nnc4c(=O)[nH]c(NC(=O)C(C)C)nc43)C(=O)[C@@H]2F)(c2ccccc2)c2ccc(OC)cc2)cc1. The van der Waals surface area contributed by atoms with Gasteiger partial charge in [0.2, 0.25) is 23.9 Å². The van der Waals surface area contributed by atoms with Crippen LogP contribution in [0.25, 0.3) is 11.2 Å². The molecule has 3 heterocycles. The molecule has 3 aromatic carbocycles. The van der Waals surface area contributed by atoms with Crippen molar-refractivity contribution in [3.63, 3.8) is 0 Å². The van der Waals surface area contributed by atoms with E-state index < -0.39 is 47.3 Å². The molecule has 13 nitrogen and oxygen atoms in total. The van der Waals surface area contributed by atoms with Gasteiger partial charge in [0.25, 0.3) is 5.56 Å². The number of ketones is 1. The summed E-state index contributed by atoms with van der Waals surface area (Å²) in [6.45, 7) is 2.97. The fourth-order valence-electron chi connectivity index (χ4n) is 5.52. The summed E-state index contributed by atoms with van der Waals surface area (Å²) in [5.41, 5.74) is -0.235. The number of nitrogens with zero attached hydrogens (tertiary/aromatic N) is 4. The lowest BCUT2D eigenvalue weighted by atomic mass is 9.80. The van der Waals surface area contributed by atoms with Crippen LogP contribution in [0.3, 0.4) is 0 Å². The number of carbonyl (C=O) groups is 2. The van der Waals surface area contributed by atoms with Crippen LogP contribution in [0.2, 0.25) is 0 Å². The topological polar surface area (TPSA) is 160 Å². The molecular formula is C34H33FN6O7. The Balaban J connectivity index is 1.36. The van der Waals surface area contributed by atoms with Gasteiger partial charge in [-0.1, -0.05) is 73.7 Å². The molecule has 0 spiro atoms. The molecular weight excluding hydrogens is 623 g/mol. The number of nitrogens with one attached hydrogen (secondary N) is 2. The molecule has 2 aromatic heterocycles. The Morgan fingerprint density at radius 2 is 1.54 bits per heavy atom. The molecule has 1 fully saturated rings. The average molecular weight is 657 g/mol. The summed E-state index contributed by atoms with van der Waals surface area (Å²) in [4.78, 5) is 44.9. The van der Waals surface area contributed by atoms with E-state index in [1.54, 1.807) is 52.3 Å². The first-order chi connectivity index (χ1) is 23.2. The number of H-pyrrole nitrogens is 1. The Labute approximate surface area is 274 Å². The maximum Gasteiger partial charge on any atom is 0.282 e. The number of alkyl halides is 1. The second kappa shape index (κ2) is 13.3. The first kappa shape index (κ1) is 32.5. The fraction of sp³-hybridized carbons (Fsp3) is 0.294. The third-order valence-electron chi connectivity index (χ3n) is 8.11. The second-order valence-corrected chi connectivity index (χ2v) is 11.4. The molecule has 2 N–H and O–H groups in total. The maximum atomic E-state index is 15.8. The average Bonchev–Trinajstić information content (AvgIpc) is 3.66. The number of hydrogen-bond acceptors (Lipinski definition) is 10. The van der Waals surface area contributed by atoms with Gasteiger partial charge >= 0.3 is 0 Å². The van der Waals surface area contributed by atoms with E-state index in [2.05, 4.69) is 25.6 Å². The number of anilines is 1. The predicted molar refractivity (Wildman–Crippen MR) is 171 cm³/mol. The van der Waals surface area contributed by atoms with E-state index in [4.69, 9.17) is 18.9 Å². The highest BCUT2D eigenvalue weighted by atomic mass is 19.1. The summed E-state index contributed by atoms with van der Waals surface area (Å²) in [6, 6.07) is 24.0. The lowest BCUT2D eigenvalue weighted by molar-refractivity contribution is -0.130. The highest BCUT2D eigenvalue weighted by Crippen LogP contribution is 2.42. The lowest BCUT2D eigenvalue weighted by Crippen LogP contribution is -2.37. The quantitative estimate of drug-likeness (QED) is 0.200. The molecule has 0 bridgehead atoms. The number of ether oxygens (including phenoxy) is 4. The van der Waals surface area contributed by atoms with E-state index >= 15 is 4.39 Å². The van der Waals surface area contributed by atoms with Crippen molar-refractivity contribution < 1.29 is 32.9 Å². The zero-order valence-electron chi connectivity index (χ0n) is 26.5. The number of carbonyl (C=O) groups excluding carboxylic acids is 2. The van der Waals surface area contributed by atoms with Crippen LogP contribution in [0.15, 0.2) is 83.7 Å². The number of aromatic amines is 1. The van der Waals surface area contributed by atoms with Gasteiger partial charge in [-0.15, -0.1) is 5.10 Å². The Morgan fingerprint density at radius 3 is 2.10 bits per heavy atom. The molecule has 0 aliphatic carbocycles. The molecule has 5 aromatic rings. The Hall–Kier alpha value is -5.47. The van der Waals surface area contributed by atoms with Gasteiger partial charge in [0.05, 0.1) is 20.8 Å². The molecule has 3 atom stereocenters. The van der Waals surface area contributed by atoms with Gasteiger partial charge in [-0.3, -0.25) is 24.7 Å². The van der Waals surface area contributed by atoms with Crippen molar-refractivity contribution in [1.29, 1.82) is 0 Å². The standard InChI is InChI=1S/C34H33FN6O7/c1-19(2)30(43)37-33-36-29-27(31(44)38-33)39-40-41(29)32-28(42)26(35)25(48-32)18-47-34(20-8-6-5-7-9-20,21-10-14-23(45-3)15-11-21)22-12-16-24(46-4)17-13-22/h5-17,19,25-26,32H,18H2,1-4H3,(H2,36,37,38,43,44)/t25-,26-,32-/m1/s1. The van der Waals surface area contributed by atoms with Crippen molar-refractivity contribution in [2.75, 3.05) is 26.1 Å². The van der Waals surface area contributed by atoms with Crippen molar-refractivity contribution in [2.45, 2.75) is 38.0 Å². The van der Waals surface area contributed by atoms with E-state index in [-0.39, 0.29) is 23.7 Å². The number of rotatable bonds is 11. The van der Waals surface area contributed by atoms with Crippen LogP contribution >= 0.6 is 0 Å². The monoisotopic (exact) mass is 656 g/mol. The summed E-state index contributed by atoms with van der Waals surface area (Å²) >= 11 is 0. The molecule has 1 aliphatic heterocycles. The molecule has 248 valence electrons. The number of aromatic nitrogens is 5. The van der Waals surface area contributed by atoms with Crippen molar-refractivity contribution in [1.82, 2.24) is 25.0 Å². The molecule has 48 heavy (non-hydrogen) atoms. The predicted octanol–water partition coefficient (Wildman–Crippen LogP) is 3.94. The van der Waals surface area contributed by atoms with Crippen molar-refractivity contribution in [2.24, 2.45) is 5.92 Å². The van der Waals surface area contributed by atoms with E-state index in [9.17, 15) is 14.4 Å². The lowest BCUT2D eigenvalue weighted by Gasteiger charge is -2.37. The van der Waals surface area contributed by atoms with Crippen LogP contribution in [0.1, 0.15) is 36.8 Å². The molecule has 14 heteroatoms. The molecule has 1 amide bonds. The van der Waals surface area contributed by atoms with Gasteiger partial charge < -0.3 is 18.9 Å². The summed E-state index contributed by atoms with van der Waals surface area (Å²) < 4.78 is 40.2. The van der Waals surface area contributed by atoms with Gasteiger partial charge in [-0.25, -0.2) is 4.39 Å². The van der Waals surface area contributed by atoms with E-state index in [0.29, 0.717) is 22.6 Å². The summed E-state index contributed by atoms with van der Waals surface area (Å²) in [6.07, 6.45) is -5.09. The van der Waals surface area contributed by atoms with E-state index in [1.807, 2.05) is 54.6 Å². The highest BCUT2D eigenvalue weighted by molar-refractivity contribution is 5.91. The normalized spacial score (nSPS) is 18.0. The Morgan fingerprint density at radius 1 is 0.958 bits per heavy atom. The fourth-order valence-corrected chi connectivity index (χ4v) is 5.52. The van der Waals surface area contributed by atoms with Gasteiger partial charge in [0.15, 0.2) is 17.3 Å². The molecule has 1 aliphatic rings. The Bertz CT molecular complexity index is 1930. The van der Waals surface area contributed by atoms with Crippen LogP contribution in [0, 0.1) is 5.92 Å². The van der Waals surface area contributed by atoms with Crippen LogP contribution in [0.5, 0.6) is 11.5 Å². The smallest absolute Gasteiger partial charge is 0.282 e. The van der Waals surface area contributed by atoms with Gasteiger partial charge in [-0.2, -0.15) is 9.67 Å². The number of methoxy groups -OCH3 is 2. The molecule has 0 radical (unpaired) electrons. The van der Waals surface area contributed by atoms with Crippen molar-refractivity contribution in [3.8, 4) is 11.5 Å². The van der Waals surface area contributed by atoms with E-state index in [0.717, 1.165) is 10.2 Å². The zero-order chi connectivity index (χ0) is 34.0. The molecule has 0 saturated carbocycles.